The molecule has 2 aliphatic carbocycles. The number of likely N-dealkylation sites (tertiary alicyclic amines) is 1. The summed E-state index contributed by atoms with van der Waals surface area (Å²) < 4.78 is 0. The van der Waals surface area contributed by atoms with Crippen molar-refractivity contribution in [2.45, 2.75) is 56.4 Å². The Hall–Kier alpha value is -1.59. The second kappa shape index (κ2) is 8.27. The van der Waals surface area contributed by atoms with Crippen molar-refractivity contribution in [1.29, 1.82) is 0 Å². The van der Waals surface area contributed by atoms with Gasteiger partial charge in [0.2, 0.25) is 11.8 Å². The highest BCUT2D eigenvalue weighted by Crippen LogP contribution is 2.62. The maximum Gasteiger partial charge on any atom is 0.237 e. The molecule has 0 radical (unpaired) electrons. The molecule has 4 unspecified atom stereocenters. The van der Waals surface area contributed by atoms with Crippen molar-refractivity contribution in [3.05, 3.63) is 35.4 Å². The number of amides is 2. The van der Waals surface area contributed by atoms with Crippen LogP contribution in [0, 0.1) is 11.8 Å². The molecule has 2 amide bonds. The number of nitrogens with zero attached hydrogens (tertiary/aromatic N) is 1. The van der Waals surface area contributed by atoms with E-state index in [0.29, 0.717) is 18.4 Å². The van der Waals surface area contributed by atoms with Crippen molar-refractivity contribution in [1.82, 2.24) is 15.5 Å². The Bertz CT molecular complexity index is 779. The maximum absolute atomic E-state index is 13.3. The number of hydrogen-bond acceptors (Lipinski definition) is 3. The normalized spacial score (nSPS) is 32.6. The van der Waals surface area contributed by atoms with Crippen LogP contribution >= 0.6 is 12.4 Å². The van der Waals surface area contributed by atoms with Gasteiger partial charge in [-0.1, -0.05) is 24.3 Å². The zero-order chi connectivity index (χ0) is 19.1. The Labute approximate surface area is 179 Å². The van der Waals surface area contributed by atoms with E-state index in [0.717, 1.165) is 64.6 Å². The summed E-state index contributed by atoms with van der Waals surface area (Å²) in [6.45, 7) is 3.31. The standard InChI is InChI=1S/C23H31N3O2.ClH/c27-21(20-8-3-11-24-20)25-14-16-5-4-12-26(15-16)22(28)19-13-23(19)10-9-17-6-1-2-7-18(17)23;/h1-2,6-7,16,19-20,24H,3-5,8-15H2,(H,25,27);1H. The molecule has 158 valence electrons. The molecule has 6 heteroatoms. The summed E-state index contributed by atoms with van der Waals surface area (Å²) in [5, 5.41) is 6.37. The molecule has 2 N–H and O–H groups in total. The van der Waals surface area contributed by atoms with E-state index in [2.05, 4.69) is 39.8 Å². The largest absolute Gasteiger partial charge is 0.354 e. The topological polar surface area (TPSA) is 61.4 Å². The first-order chi connectivity index (χ1) is 13.7. The fraction of sp³-hybridized carbons (Fsp3) is 0.652. The third-order valence-corrected chi connectivity index (χ3v) is 7.54. The van der Waals surface area contributed by atoms with Crippen LogP contribution in [0.3, 0.4) is 0 Å². The molecule has 0 bridgehead atoms. The van der Waals surface area contributed by atoms with Crippen LogP contribution in [0.15, 0.2) is 24.3 Å². The quantitative estimate of drug-likeness (QED) is 0.790. The van der Waals surface area contributed by atoms with Crippen molar-refractivity contribution < 1.29 is 9.59 Å². The van der Waals surface area contributed by atoms with Crippen molar-refractivity contribution in [2.75, 3.05) is 26.2 Å². The van der Waals surface area contributed by atoms with Gasteiger partial charge in [0.05, 0.1) is 6.04 Å². The van der Waals surface area contributed by atoms with Gasteiger partial charge < -0.3 is 15.5 Å². The molecule has 2 aliphatic heterocycles. The third-order valence-electron chi connectivity index (χ3n) is 7.54. The van der Waals surface area contributed by atoms with Gasteiger partial charge in [-0.05, 0) is 68.5 Å². The summed E-state index contributed by atoms with van der Waals surface area (Å²) in [5.74, 6) is 1.04. The van der Waals surface area contributed by atoms with Gasteiger partial charge in [0.1, 0.15) is 0 Å². The van der Waals surface area contributed by atoms with Crippen LogP contribution in [0.25, 0.3) is 0 Å². The molecular formula is C23H32ClN3O2. The average Bonchev–Trinajstić information content (AvgIpc) is 3.06. The number of aryl methyl sites for hydroxylation is 1. The van der Waals surface area contributed by atoms with Gasteiger partial charge in [-0.2, -0.15) is 0 Å². The fourth-order valence-corrected chi connectivity index (χ4v) is 5.85. The van der Waals surface area contributed by atoms with E-state index in [1.807, 2.05) is 0 Å². The molecule has 4 atom stereocenters. The van der Waals surface area contributed by atoms with Gasteiger partial charge in [-0.25, -0.2) is 0 Å². The molecule has 5 nitrogen and oxygen atoms in total. The predicted octanol–water partition coefficient (Wildman–Crippen LogP) is 2.42. The summed E-state index contributed by atoms with van der Waals surface area (Å²) in [5.41, 5.74) is 3.00. The molecule has 0 aromatic heterocycles. The Morgan fingerprint density at radius 1 is 1.21 bits per heavy atom. The van der Waals surface area contributed by atoms with Crippen LogP contribution in [0.2, 0.25) is 0 Å². The molecule has 29 heavy (non-hydrogen) atoms. The lowest BCUT2D eigenvalue weighted by Crippen LogP contribution is -2.47. The molecule has 5 rings (SSSR count). The first-order valence-electron chi connectivity index (χ1n) is 11.1. The van der Waals surface area contributed by atoms with E-state index in [9.17, 15) is 9.59 Å². The molecule has 1 saturated carbocycles. The summed E-state index contributed by atoms with van der Waals surface area (Å²) in [7, 11) is 0. The number of fused-ring (bicyclic) bond motifs is 2. The summed E-state index contributed by atoms with van der Waals surface area (Å²) in [6.07, 6.45) is 7.43. The Morgan fingerprint density at radius 3 is 2.90 bits per heavy atom. The van der Waals surface area contributed by atoms with Crippen molar-refractivity contribution in [3.63, 3.8) is 0 Å². The molecule has 2 heterocycles. The van der Waals surface area contributed by atoms with Crippen LogP contribution in [0.1, 0.15) is 49.7 Å². The summed E-state index contributed by atoms with van der Waals surface area (Å²) >= 11 is 0. The minimum absolute atomic E-state index is 0. The van der Waals surface area contributed by atoms with Gasteiger partial charge in [-0.15, -0.1) is 12.4 Å². The van der Waals surface area contributed by atoms with Gasteiger partial charge in [0.25, 0.3) is 0 Å². The highest BCUT2D eigenvalue weighted by Gasteiger charge is 2.62. The lowest BCUT2D eigenvalue weighted by atomic mass is 9.93. The van der Waals surface area contributed by atoms with Gasteiger partial charge in [0.15, 0.2) is 0 Å². The molecule has 1 aromatic carbocycles. The van der Waals surface area contributed by atoms with Crippen molar-refractivity contribution >= 4 is 24.2 Å². The number of rotatable bonds is 4. The molecular weight excluding hydrogens is 386 g/mol. The van der Waals surface area contributed by atoms with E-state index in [1.54, 1.807) is 0 Å². The number of halogens is 1. The second-order valence-corrected chi connectivity index (χ2v) is 9.26. The SMILES string of the molecule is Cl.O=C(NCC1CCCN(C(=O)C2CC23CCc2ccccc23)C1)C1CCCN1. The molecule has 1 spiro atoms. The van der Waals surface area contributed by atoms with Crippen molar-refractivity contribution in [2.24, 2.45) is 11.8 Å². The number of benzene rings is 1. The lowest BCUT2D eigenvalue weighted by molar-refractivity contribution is -0.134. The van der Waals surface area contributed by atoms with Crippen LogP contribution in [-0.4, -0.2) is 48.9 Å². The average molecular weight is 418 g/mol. The van der Waals surface area contributed by atoms with Gasteiger partial charge in [-0.3, -0.25) is 9.59 Å². The fourth-order valence-electron chi connectivity index (χ4n) is 5.85. The van der Waals surface area contributed by atoms with Gasteiger partial charge >= 0.3 is 0 Å². The third kappa shape index (κ3) is 3.79. The van der Waals surface area contributed by atoms with Crippen LogP contribution in [0.4, 0.5) is 0 Å². The van der Waals surface area contributed by atoms with E-state index >= 15 is 0 Å². The zero-order valence-corrected chi connectivity index (χ0v) is 17.8. The number of piperidine rings is 1. The second-order valence-electron chi connectivity index (χ2n) is 9.26. The monoisotopic (exact) mass is 417 g/mol. The Balaban J connectivity index is 0.00000205. The maximum atomic E-state index is 13.3. The minimum Gasteiger partial charge on any atom is -0.354 e. The number of nitrogens with one attached hydrogen (secondary N) is 2. The van der Waals surface area contributed by atoms with E-state index < -0.39 is 0 Å². The smallest absolute Gasteiger partial charge is 0.237 e. The van der Waals surface area contributed by atoms with Crippen LogP contribution in [0.5, 0.6) is 0 Å². The number of carbonyl (C=O) groups is 2. The highest BCUT2D eigenvalue weighted by molar-refractivity contribution is 5.86. The molecule has 3 fully saturated rings. The molecule has 1 aromatic rings. The highest BCUT2D eigenvalue weighted by atomic mass is 35.5. The zero-order valence-electron chi connectivity index (χ0n) is 17.0. The Kier molecular flexibility index (Phi) is 5.90. The first-order valence-corrected chi connectivity index (χ1v) is 11.1. The summed E-state index contributed by atoms with van der Waals surface area (Å²) in [4.78, 5) is 27.6. The van der Waals surface area contributed by atoms with E-state index in [1.165, 1.54) is 11.1 Å². The lowest BCUT2D eigenvalue weighted by Gasteiger charge is -2.33. The van der Waals surface area contributed by atoms with Crippen LogP contribution < -0.4 is 10.6 Å². The Morgan fingerprint density at radius 2 is 2.07 bits per heavy atom. The van der Waals surface area contributed by atoms with E-state index in [4.69, 9.17) is 0 Å². The van der Waals surface area contributed by atoms with Gasteiger partial charge in [0, 0.05) is 31.0 Å². The number of hydrogen-bond donors (Lipinski definition) is 2. The molecule has 4 aliphatic rings. The van der Waals surface area contributed by atoms with E-state index in [-0.39, 0.29) is 35.7 Å². The van der Waals surface area contributed by atoms with Crippen LogP contribution in [-0.2, 0) is 21.4 Å². The number of carbonyl (C=O) groups excluding carboxylic acids is 2. The predicted molar refractivity (Wildman–Crippen MR) is 115 cm³/mol. The summed E-state index contributed by atoms with van der Waals surface area (Å²) in [6, 6.07) is 8.67. The minimum atomic E-state index is -0.0184. The van der Waals surface area contributed by atoms with Crippen molar-refractivity contribution in [3.8, 4) is 0 Å². The first kappa shape index (κ1) is 20.7. The molecule has 2 saturated heterocycles.